The SMILES string of the molecule is COc1ccccc1NC(=O)c1sc2ncn(C(C)C(=O)c3ccc4c(c3)N(C)C(=O)C(C)O4)c(=O)c2c1C. The Kier molecular flexibility index (Phi) is 6.69. The molecule has 2 atom stereocenters. The lowest BCUT2D eigenvalue weighted by Crippen LogP contribution is -2.42. The molecule has 5 rings (SSSR count). The molecule has 200 valence electrons. The van der Waals surface area contributed by atoms with E-state index >= 15 is 0 Å². The molecule has 0 spiro atoms. The van der Waals surface area contributed by atoms with Crippen LogP contribution in [0.3, 0.4) is 0 Å². The van der Waals surface area contributed by atoms with Gasteiger partial charge >= 0.3 is 0 Å². The maximum atomic E-state index is 13.5. The van der Waals surface area contributed by atoms with Crippen LogP contribution in [0, 0.1) is 6.92 Å². The van der Waals surface area contributed by atoms with Crippen molar-refractivity contribution in [1.82, 2.24) is 9.55 Å². The minimum atomic E-state index is -0.887. The van der Waals surface area contributed by atoms with Crippen LogP contribution in [-0.4, -0.2) is 47.4 Å². The van der Waals surface area contributed by atoms with Crippen LogP contribution in [0.25, 0.3) is 10.2 Å². The number of para-hydroxylation sites is 2. The van der Waals surface area contributed by atoms with E-state index in [2.05, 4.69) is 10.3 Å². The lowest BCUT2D eigenvalue weighted by atomic mass is 10.0. The second kappa shape index (κ2) is 9.99. The molecule has 2 aromatic carbocycles. The topological polar surface area (TPSA) is 120 Å². The smallest absolute Gasteiger partial charge is 0.267 e. The zero-order chi connectivity index (χ0) is 28.0. The van der Waals surface area contributed by atoms with Crippen molar-refractivity contribution >= 4 is 50.5 Å². The fraction of sp³-hybridized carbons (Fsp3) is 0.250. The molecular formula is C28H26N4O6S. The molecule has 0 fully saturated rings. The zero-order valence-corrected chi connectivity index (χ0v) is 22.8. The van der Waals surface area contributed by atoms with Gasteiger partial charge in [-0.3, -0.25) is 23.7 Å². The van der Waals surface area contributed by atoms with Crippen LogP contribution in [0.2, 0.25) is 0 Å². The Hall–Kier alpha value is -4.51. The van der Waals surface area contributed by atoms with Gasteiger partial charge in [0.15, 0.2) is 11.9 Å². The number of nitrogens with zero attached hydrogens (tertiary/aromatic N) is 3. The minimum absolute atomic E-state index is 0.218. The molecule has 0 radical (unpaired) electrons. The Balaban J connectivity index is 1.46. The van der Waals surface area contributed by atoms with E-state index in [-0.39, 0.29) is 23.0 Å². The van der Waals surface area contributed by atoms with Crippen LogP contribution in [0.1, 0.15) is 45.5 Å². The van der Waals surface area contributed by atoms with Crippen molar-refractivity contribution in [1.29, 1.82) is 0 Å². The van der Waals surface area contributed by atoms with Crippen molar-refractivity contribution in [2.75, 3.05) is 24.4 Å². The average molecular weight is 547 g/mol. The molecule has 39 heavy (non-hydrogen) atoms. The average Bonchev–Trinajstić information content (AvgIpc) is 3.28. The molecule has 0 aliphatic carbocycles. The molecule has 2 aromatic heterocycles. The molecule has 1 aliphatic heterocycles. The number of nitrogens with one attached hydrogen (secondary N) is 1. The first kappa shape index (κ1) is 26.1. The van der Waals surface area contributed by atoms with Crippen molar-refractivity contribution < 1.29 is 23.9 Å². The summed E-state index contributed by atoms with van der Waals surface area (Å²) in [7, 11) is 3.14. The molecule has 11 heteroatoms. The first-order valence-corrected chi connectivity index (χ1v) is 13.0. The Morgan fingerprint density at radius 1 is 1.18 bits per heavy atom. The van der Waals surface area contributed by atoms with Crippen LogP contribution < -0.4 is 25.2 Å². The number of hydrogen-bond acceptors (Lipinski definition) is 8. The van der Waals surface area contributed by atoms with Gasteiger partial charge in [-0.15, -0.1) is 11.3 Å². The number of likely N-dealkylation sites (N-methyl/N-ethyl adjacent to an activating group) is 1. The summed E-state index contributed by atoms with van der Waals surface area (Å²) in [6.07, 6.45) is 0.708. The number of carbonyl (C=O) groups is 3. The van der Waals surface area contributed by atoms with Crippen LogP contribution in [0.4, 0.5) is 11.4 Å². The Morgan fingerprint density at radius 2 is 1.92 bits per heavy atom. The summed E-state index contributed by atoms with van der Waals surface area (Å²) < 4.78 is 12.2. The maximum Gasteiger partial charge on any atom is 0.267 e. The number of aromatic nitrogens is 2. The number of ether oxygens (including phenoxy) is 2. The molecule has 0 saturated carbocycles. The first-order chi connectivity index (χ1) is 18.6. The van der Waals surface area contributed by atoms with Crippen molar-refractivity contribution in [2.45, 2.75) is 32.9 Å². The number of Topliss-reactive ketones (excluding diaryl/α,β-unsaturated/α-hetero) is 1. The Bertz CT molecular complexity index is 1710. The molecule has 4 aromatic rings. The van der Waals surface area contributed by atoms with E-state index in [1.807, 2.05) is 0 Å². The van der Waals surface area contributed by atoms with Gasteiger partial charge in [-0.25, -0.2) is 4.98 Å². The molecule has 1 N–H and O–H groups in total. The standard InChI is InChI=1S/C28H26N4O6S/c1-14-22-26(39-24(14)25(34)30-18-8-6-7-9-20(18)37-5)29-13-32(28(22)36)15(2)23(33)17-10-11-21-19(12-17)31(4)27(35)16(3)38-21/h6-13,15-16H,1-5H3,(H,30,34). The number of aryl methyl sites for hydroxylation is 1. The second-order valence-corrected chi connectivity index (χ2v) is 10.2. The highest BCUT2D eigenvalue weighted by Crippen LogP contribution is 2.35. The summed E-state index contributed by atoms with van der Waals surface area (Å²) in [4.78, 5) is 59.0. The highest BCUT2D eigenvalue weighted by atomic mass is 32.1. The fourth-order valence-corrected chi connectivity index (χ4v) is 5.62. The number of methoxy groups -OCH3 is 1. The van der Waals surface area contributed by atoms with E-state index in [9.17, 15) is 19.2 Å². The third-order valence-electron chi connectivity index (χ3n) is 6.82. The number of benzene rings is 2. The van der Waals surface area contributed by atoms with E-state index < -0.39 is 17.7 Å². The molecule has 3 heterocycles. The maximum absolute atomic E-state index is 13.5. The summed E-state index contributed by atoms with van der Waals surface area (Å²) in [5, 5.41) is 3.11. The van der Waals surface area contributed by atoms with Crippen LogP contribution in [0.5, 0.6) is 11.5 Å². The first-order valence-electron chi connectivity index (χ1n) is 12.2. The number of ketones is 1. The van der Waals surface area contributed by atoms with Crippen LogP contribution in [0.15, 0.2) is 53.6 Å². The summed E-state index contributed by atoms with van der Waals surface area (Å²) in [5.74, 6) is 0.0736. The minimum Gasteiger partial charge on any atom is -0.495 e. The number of amides is 2. The largest absolute Gasteiger partial charge is 0.495 e. The van der Waals surface area contributed by atoms with E-state index in [4.69, 9.17) is 9.47 Å². The van der Waals surface area contributed by atoms with E-state index in [1.54, 1.807) is 70.3 Å². The number of rotatable bonds is 6. The van der Waals surface area contributed by atoms with Crippen molar-refractivity contribution in [3.63, 3.8) is 0 Å². The van der Waals surface area contributed by atoms with Crippen molar-refractivity contribution in [2.24, 2.45) is 0 Å². The van der Waals surface area contributed by atoms with Gasteiger partial charge in [-0.05, 0) is 56.7 Å². The quantitative estimate of drug-likeness (QED) is 0.360. The fourth-order valence-electron chi connectivity index (χ4n) is 4.59. The predicted molar refractivity (Wildman–Crippen MR) is 149 cm³/mol. The highest BCUT2D eigenvalue weighted by molar-refractivity contribution is 7.20. The number of thiophene rings is 1. The van der Waals surface area contributed by atoms with Gasteiger partial charge in [0.1, 0.15) is 16.3 Å². The van der Waals surface area contributed by atoms with Crippen molar-refractivity contribution in [3.05, 3.63) is 75.1 Å². The molecular weight excluding hydrogens is 520 g/mol. The molecule has 2 unspecified atom stereocenters. The predicted octanol–water partition coefficient (Wildman–Crippen LogP) is 4.21. The van der Waals surface area contributed by atoms with Gasteiger partial charge < -0.3 is 19.7 Å². The van der Waals surface area contributed by atoms with Gasteiger partial charge in [0.2, 0.25) is 0 Å². The highest BCUT2D eigenvalue weighted by Gasteiger charge is 2.30. The second-order valence-electron chi connectivity index (χ2n) is 9.23. The number of hydrogen-bond donors (Lipinski definition) is 1. The summed E-state index contributed by atoms with van der Waals surface area (Å²) in [5.41, 5.74) is 1.37. The molecule has 1 aliphatic rings. The number of fused-ring (bicyclic) bond motifs is 2. The lowest BCUT2D eigenvalue weighted by molar-refractivity contribution is -0.125. The van der Waals surface area contributed by atoms with E-state index in [0.29, 0.717) is 43.7 Å². The van der Waals surface area contributed by atoms with Crippen molar-refractivity contribution in [3.8, 4) is 11.5 Å². The Labute approximate surface area is 227 Å². The van der Waals surface area contributed by atoms with Crippen LogP contribution in [-0.2, 0) is 4.79 Å². The van der Waals surface area contributed by atoms with Gasteiger partial charge in [0.25, 0.3) is 17.4 Å². The van der Waals surface area contributed by atoms with E-state index in [1.165, 1.54) is 22.9 Å². The van der Waals surface area contributed by atoms with E-state index in [0.717, 1.165) is 11.3 Å². The molecule has 0 saturated heterocycles. The third kappa shape index (κ3) is 4.44. The molecule has 10 nitrogen and oxygen atoms in total. The molecule has 0 bridgehead atoms. The Morgan fingerprint density at radius 3 is 2.67 bits per heavy atom. The van der Waals surface area contributed by atoms with Gasteiger partial charge in [-0.1, -0.05) is 12.1 Å². The van der Waals surface area contributed by atoms with Crippen LogP contribution >= 0.6 is 11.3 Å². The normalized spacial score (nSPS) is 15.5. The third-order valence-corrected chi connectivity index (χ3v) is 8.02. The lowest BCUT2D eigenvalue weighted by Gasteiger charge is -2.30. The van der Waals surface area contributed by atoms with Gasteiger partial charge in [0.05, 0.1) is 41.1 Å². The number of carbonyl (C=O) groups excluding carboxylic acids is 3. The number of anilines is 2. The van der Waals surface area contributed by atoms with Gasteiger partial charge in [-0.2, -0.15) is 0 Å². The summed E-state index contributed by atoms with van der Waals surface area (Å²) in [6, 6.07) is 11.0. The summed E-state index contributed by atoms with van der Waals surface area (Å²) in [6.45, 7) is 4.97. The summed E-state index contributed by atoms with van der Waals surface area (Å²) >= 11 is 1.11. The zero-order valence-electron chi connectivity index (χ0n) is 22.0. The monoisotopic (exact) mass is 546 g/mol. The molecule has 2 amide bonds. The van der Waals surface area contributed by atoms with Gasteiger partial charge in [0, 0.05) is 12.6 Å².